The van der Waals surface area contributed by atoms with Crippen molar-refractivity contribution >= 4 is 54.3 Å². The van der Waals surface area contributed by atoms with E-state index in [1.165, 1.54) is 65.7 Å². The standard InChI is InChI=1S/C53H35N3/c1-2-16-37(17-3-1)53(44-23-11-8-20-41(44)42-21-9-12-24-45(42)53)38-30-26-36(27-31-38)51-43-22-10-13-25-46(43)54-52(55-51)56-47-32-28-34-14-4-6-18-39(34)49(47)50-40-19-7-5-15-35(40)29-33-48(50)56/h2,4-33H,1,3H2. The van der Waals surface area contributed by atoms with Gasteiger partial charge in [-0.05, 0) is 86.0 Å². The van der Waals surface area contributed by atoms with Gasteiger partial charge in [0.2, 0.25) is 5.95 Å². The molecule has 56 heavy (non-hydrogen) atoms. The molecule has 0 bridgehead atoms. The lowest BCUT2D eigenvalue weighted by Crippen LogP contribution is -2.29. The average Bonchev–Trinajstić information content (AvgIpc) is 3.78. The van der Waals surface area contributed by atoms with Crippen LogP contribution in [0.3, 0.4) is 0 Å². The molecule has 0 atom stereocenters. The zero-order valence-electron chi connectivity index (χ0n) is 30.7. The van der Waals surface area contributed by atoms with Crippen molar-refractivity contribution in [3.8, 4) is 28.3 Å². The van der Waals surface area contributed by atoms with Crippen LogP contribution in [0.5, 0.6) is 0 Å². The second-order valence-electron chi connectivity index (χ2n) is 15.1. The van der Waals surface area contributed by atoms with Gasteiger partial charge in [0.15, 0.2) is 0 Å². The topological polar surface area (TPSA) is 30.7 Å². The van der Waals surface area contributed by atoms with E-state index in [1.807, 2.05) is 0 Å². The Morgan fingerprint density at radius 2 is 1.05 bits per heavy atom. The van der Waals surface area contributed by atoms with E-state index in [1.54, 1.807) is 0 Å². The van der Waals surface area contributed by atoms with Crippen molar-refractivity contribution in [2.75, 3.05) is 0 Å². The van der Waals surface area contributed by atoms with Crippen LogP contribution in [0.2, 0.25) is 0 Å². The van der Waals surface area contributed by atoms with Gasteiger partial charge in [-0.1, -0.05) is 170 Å². The highest BCUT2D eigenvalue weighted by Gasteiger charge is 2.46. The second kappa shape index (κ2) is 11.9. The molecule has 262 valence electrons. The van der Waals surface area contributed by atoms with Crippen molar-refractivity contribution in [1.82, 2.24) is 14.5 Å². The minimum absolute atomic E-state index is 0.407. The third kappa shape index (κ3) is 4.28. The first-order chi connectivity index (χ1) is 27.8. The molecule has 2 aliphatic carbocycles. The van der Waals surface area contributed by atoms with Gasteiger partial charge in [0.1, 0.15) is 0 Å². The van der Waals surface area contributed by atoms with E-state index in [2.05, 4.69) is 193 Å². The number of benzene rings is 8. The molecule has 2 heterocycles. The van der Waals surface area contributed by atoms with Crippen molar-refractivity contribution in [3.05, 3.63) is 210 Å². The molecule has 10 aromatic rings. The maximum Gasteiger partial charge on any atom is 0.235 e. The van der Waals surface area contributed by atoms with E-state index >= 15 is 0 Å². The van der Waals surface area contributed by atoms with Crippen molar-refractivity contribution in [2.24, 2.45) is 0 Å². The number of fused-ring (bicyclic) bond motifs is 11. The van der Waals surface area contributed by atoms with E-state index in [9.17, 15) is 0 Å². The van der Waals surface area contributed by atoms with Crippen LogP contribution in [0, 0.1) is 0 Å². The van der Waals surface area contributed by atoms with Gasteiger partial charge in [-0.15, -0.1) is 0 Å². The van der Waals surface area contributed by atoms with Crippen molar-refractivity contribution < 1.29 is 0 Å². The zero-order chi connectivity index (χ0) is 36.8. The van der Waals surface area contributed by atoms with E-state index in [-0.39, 0.29) is 0 Å². The summed E-state index contributed by atoms with van der Waals surface area (Å²) < 4.78 is 2.27. The lowest BCUT2D eigenvalue weighted by atomic mass is 9.66. The number of hydrogen-bond acceptors (Lipinski definition) is 2. The number of nitrogens with zero attached hydrogens (tertiary/aromatic N) is 3. The van der Waals surface area contributed by atoms with Crippen LogP contribution in [-0.4, -0.2) is 14.5 Å². The van der Waals surface area contributed by atoms with Gasteiger partial charge in [0, 0.05) is 21.7 Å². The minimum atomic E-state index is -0.407. The predicted octanol–water partition coefficient (Wildman–Crippen LogP) is 13.3. The summed E-state index contributed by atoms with van der Waals surface area (Å²) in [5, 5.41) is 8.39. The molecular formula is C53H35N3. The SMILES string of the molecule is C1=CC(C2(c3ccc(-c4nc(-n5c6ccc7ccccc7c6c6c7ccccc7ccc65)nc5ccccc45)cc3)c3ccccc3-c3ccccc32)=CCC1. The first-order valence-corrected chi connectivity index (χ1v) is 19.6. The van der Waals surface area contributed by atoms with Gasteiger partial charge in [0.25, 0.3) is 0 Å². The number of aromatic nitrogens is 3. The molecule has 8 aromatic carbocycles. The summed E-state index contributed by atoms with van der Waals surface area (Å²) in [5.74, 6) is 0.668. The number of allylic oxidation sites excluding steroid dienone is 4. The van der Waals surface area contributed by atoms with Gasteiger partial charge in [-0.25, -0.2) is 9.97 Å². The van der Waals surface area contributed by atoms with Crippen LogP contribution in [-0.2, 0) is 5.41 Å². The highest BCUT2D eigenvalue weighted by atomic mass is 15.2. The Morgan fingerprint density at radius 1 is 0.482 bits per heavy atom. The summed E-state index contributed by atoms with van der Waals surface area (Å²) in [4.78, 5) is 10.8. The van der Waals surface area contributed by atoms with Crippen LogP contribution in [0.25, 0.3) is 82.6 Å². The molecule has 0 N–H and O–H groups in total. The highest BCUT2D eigenvalue weighted by Crippen LogP contribution is 2.57. The van der Waals surface area contributed by atoms with Gasteiger partial charge in [-0.3, -0.25) is 4.57 Å². The van der Waals surface area contributed by atoms with E-state index in [4.69, 9.17) is 9.97 Å². The summed E-state index contributed by atoms with van der Waals surface area (Å²) in [5.41, 5.74) is 12.6. The maximum atomic E-state index is 5.51. The molecular weight excluding hydrogens is 679 g/mol. The fraction of sp³-hybridized carbons (Fsp3) is 0.0566. The Balaban J connectivity index is 1.10. The average molecular weight is 714 g/mol. The molecule has 0 saturated heterocycles. The normalized spacial score (nSPS) is 14.5. The summed E-state index contributed by atoms with van der Waals surface area (Å²) in [6.45, 7) is 0. The summed E-state index contributed by atoms with van der Waals surface area (Å²) >= 11 is 0. The van der Waals surface area contributed by atoms with Crippen LogP contribution in [0.15, 0.2) is 194 Å². The molecule has 0 amide bonds. The summed E-state index contributed by atoms with van der Waals surface area (Å²) in [7, 11) is 0. The van der Waals surface area contributed by atoms with Crippen LogP contribution in [0.4, 0.5) is 0 Å². The lowest BCUT2D eigenvalue weighted by Gasteiger charge is -2.35. The molecule has 3 nitrogen and oxygen atoms in total. The second-order valence-corrected chi connectivity index (χ2v) is 15.1. The van der Waals surface area contributed by atoms with E-state index < -0.39 is 5.41 Å². The molecule has 0 spiro atoms. The van der Waals surface area contributed by atoms with Gasteiger partial charge < -0.3 is 0 Å². The Kier molecular flexibility index (Phi) is 6.67. The first kappa shape index (κ1) is 31.3. The maximum absolute atomic E-state index is 5.51. The third-order valence-corrected chi connectivity index (χ3v) is 12.3. The Bertz CT molecular complexity index is 3170. The van der Waals surface area contributed by atoms with E-state index in [0.29, 0.717) is 5.95 Å². The number of rotatable bonds is 4. The number of hydrogen-bond donors (Lipinski definition) is 0. The molecule has 0 fully saturated rings. The van der Waals surface area contributed by atoms with Crippen molar-refractivity contribution in [1.29, 1.82) is 0 Å². The first-order valence-electron chi connectivity index (χ1n) is 19.6. The summed E-state index contributed by atoms with van der Waals surface area (Å²) in [6, 6.07) is 61.9. The molecule has 12 rings (SSSR count). The zero-order valence-corrected chi connectivity index (χ0v) is 30.7. The fourth-order valence-corrected chi connectivity index (χ4v) is 9.94. The molecule has 2 aromatic heterocycles. The molecule has 0 radical (unpaired) electrons. The van der Waals surface area contributed by atoms with Crippen LogP contribution in [0.1, 0.15) is 29.5 Å². The van der Waals surface area contributed by atoms with Crippen LogP contribution >= 0.6 is 0 Å². The molecule has 3 heteroatoms. The van der Waals surface area contributed by atoms with E-state index in [0.717, 1.165) is 46.0 Å². The van der Waals surface area contributed by atoms with Crippen LogP contribution < -0.4 is 0 Å². The van der Waals surface area contributed by atoms with Gasteiger partial charge in [0.05, 0.1) is 27.7 Å². The highest BCUT2D eigenvalue weighted by molar-refractivity contribution is 6.28. The monoisotopic (exact) mass is 713 g/mol. The smallest absolute Gasteiger partial charge is 0.235 e. The van der Waals surface area contributed by atoms with Crippen molar-refractivity contribution in [2.45, 2.75) is 18.3 Å². The molecule has 2 aliphatic rings. The molecule has 0 aliphatic heterocycles. The predicted molar refractivity (Wildman–Crippen MR) is 233 cm³/mol. The molecule has 0 unspecified atom stereocenters. The number of para-hydroxylation sites is 1. The van der Waals surface area contributed by atoms with Gasteiger partial charge >= 0.3 is 0 Å². The Labute approximate surface area is 324 Å². The quantitative estimate of drug-likeness (QED) is 0.182. The minimum Gasteiger partial charge on any atom is -0.278 e. The molecule has 0 saturated carbocycles. The Hall–Kier alpha value is -7.10. The fourth-order valence-electron chi connectivity index (χ4n) is 9.94. The largest absolute Gasteiger partial charge is 0.278 e. The van der Waals surface area contributed by atoms with Gasteiger partial charge in [-0.2, -0.15) is 0 Å². The summed E-state index contributed by atoms with van der Waals surface area (Å²) in [6.07, 6.45) is 9.26. The Morgan fingerprint density at radius 3 is 1.68 bits per heavy atom. The lowest BCUT2D eigenvalue weighted by molar-refractivity contribution is 0.751. The third-order valence-electron chi connectivity index (χ3n) is 12.3. The van der Waals surface area contributed by atoms with Crippen molar-refractivity contribution in [3.63, 3.8) is 0 Å².